The molecule has 0 aromatic carbocycles. The zero-order valence-corrected chi connectivity index (χ0v) is 5.95. The highest BCUT2D eigenvalue weighted by Crippen LogP contribution is 2.52. The van der Waals surface area contributed by atoms with Crippen molar-refractivity contribution in [2.75, 3.05) is 13.1 Å². The summed E-state index contributed by atoms with van der Waals surface area (Å²) in [7, 11) is 0. The largest absolute Gasteiger partial charge is 0.317 e. The predicted octanol–water partition coefficient (Wildman–Crippen LogP) is 1.54. The molecule has 1 N–H and O–H groups in total. The van der Waals surface area contributed by atoms with Gasteiger partial charge < -0.3 is 5.32 Å². The van der Waals surface area contributed by atoms with Crippen molar-refractivity contribution in [3.63, 3.8) is 0 Å². The van der Waals surface area contributed by atoms with E-state index in [9.17, 15) is 0 Å². The van der Waals surface area contributed by atoms with Gasteiger partial charge in [0.1, 0.15) is 0 Å². The molecule has 0 radical (unpaired) electrons. The minimum absolute atomic E-state index is 0.851. The number of hydrogen-bond donors (Lipinski definition) is 1. The summed E-state index contributed by atoms with van der Waals surface area (Å²) < 4.78 is 0. The van der Waals surface area contributed by atoms with Gasteiger partial charge in [0.25, 0.3) is 0 Å². The molecule has 0 bridgehead atoms. The third-order valence-electron chi connectivity index (χ3n) is 2.85. The van der Waals surface area contributed by atoms with Crippen LogP contribution in [-0.2, 0) is 0 Å². The van der Waals surface area contributed by atoms with Crippen LogP contribution in [0.15, 0.2) is 0 Å². The van der Waals surface area contributed by atoms with Crippen molar-refractivity contribution in [2.45, 2.75) is 32.1 Å². The van der Waals surface area contributed by atoms with Gasteiger partial charge in [-0.25, -0.2) is 0 Å². The molecule has 1 nitrogen and oxygen atoms in total. The fourth-order valence-corrected chi connectivity index (χ4v) is 1.87. The van der Waals surface area contributed by atoms with E-state index in [0.717, 1.165) is 5.41 Å². The first-order valence-electron chi connectivity index (χ1n) is 4.12. The topological polar surface area (TPSA) is 12.0 Å². The Balaban J connectivity index is 1.92. The molecule has 1 saturated heterocycles. The SMILES string of the molecule is C1CNCCC2(C1)CC2. The van der Waals surface area contributed by atoms with Crippen LogP contribution in [0, 0.1) is 5.41 Å². The van der Waals surface area contributed by atoms with Gasteiger partial charge in [0.15, 0.2) is 0 Å². The van der Waals surface area contributed by atoms with Crippen LogP contribution in [0.5, 0.6) is 0 Å². The van der Waals surface area contributed by atoms with Gasteiger partial charge in [-0.1, -0.05) is 0 Å². The Morgan fingerprint density at radius 3 is 2.56 bits per heavy atom. The van der Waals surface area contributed by atoms with Gasteiger partial charge in [-0.15, -0.1) is 0 Å². The standard InChI is InChI=1S/C8H15N/c1-2-8(3-4-8)5-7-9-6-1/h9H,1-7H2. The Kier molecular flexibility index (Phi) is 1.26. The summed E-state index contributed by atoms with van der Waals surface area (Å²) in [6, 6.07) is 0. The molecule has 2 fully saturated rings. The molecule has 2 rings (SSSR count). The van der Waals surface area contributed by atoms with E-state index in [-0.39, 0.29) is 0 Å². The molecule has 0 atom stereocenters. The van der Waals surface area contributed by atoms with Gasteiger partial charge in [-0.3, -0.25) is 0 Å². The zero-order valence-electron chi connectivity index (χ0n) is 5.95. The van der Waals surface area contributed by atoms with Crippen LogP contribution < -0.4 is 5.32 Å². The van der Waals surface area contributed by atoms with E-state index in [1.807, 2.05) is 0 Å². The van der Waals surface area contributed by atoms with E-state index in [1.54, 1.807) is 0 Å². The third-order valence-corrected chi connectivity index (χ3v) is 2.85. The molecule has 1 heterocycles. The third kappa shape index (κ3) is 1.11. The Labute approximate surface area is 56.8 Å². The van der Waals surface area contributed by atoms with Crippen LogP contribution in [-0.4, -0.2) is 13.1 Å². The summed E-state index contributed by atoms with van der Waals surface area (Å²) >= 11 is 0. The monoisotopic (exact) mass is 125 g/mol. The number of rotatable bonds is 0. The Morgan fingerprint density at radius 1 is 0.889 bits per heavy atom. The van der Waals surface area contributed by atoms with Gasteiger partial charge in [0.05, 0.1) is 0 Å². The average Bonchev–Trinajstić information content (AvgIpc) is 2.64. The molecule has 2 aliphatic rings. The van der Waals surface area contributed by atoms with Crippen molar-refractivity contribution < 1.29 is 0 Å². The van der Waals surface area contributed by atoms with E-state index in [0.29, 0.717) is 0 Å². The highest BCUT2D eigenvalue weighted by molar-refractivity contribution is 4.94. The van der Waals surface area contributed by atoms with Gasteiger partial charge in [-0.05, 0) is 50.6 Å². The number of nitrogens with one attached hydrogen (secondary N) is 1. The van der Waals surface area contributed by atoms with E-state index in [4.69, 9.17) is 0 Å². The van der Waals surface area contributed by atoms with Gasteiger partial charge in [0, 0.05) is 0 Å². The first kappa shape index (κ1) is 5.72. The first-order chi connectivity index (χ1) is 4.41. The molecular weight excluding hydrogens is 110 g/mol. The number of hydrogen-bond acceptors (Lipinski definition) is 1. The van der Waals surface area contributed by atoms with E-state index in [2.05, 4.69) is 5.32 Å². The molecule has 1 aliphatic heterocycles. The van der Waals surface area contributed by atoms with Crippen LogP contribution in [0.1, 0.15) is 32.1 Å². The molecule has 1 heteroatoms. The molecule has 0 unspecified atom stereocenters. The van der Waals surface area contributed by atoms with Crippen LogP contribution in [0.3, 0.4) is 0 Å². The fourth-order valence-electron chi connectivity index (χ4n) is 1.87. The minimum Gasteiger partial charge on any atom is -0.317 e. The highest BCUT2D eigenvalue weighted by atomic mass is 14.9. The summed E-state index contributed by atoms with van der Waals surface area (Å²) in [6.07, 6.45) is 7.41. The summed E-state index contributed by atoms with van der Waals surface area (Å²) in [5.74, 6) is 0. The normalized spacial score (nSPS) is 32.0. The van der Waals surface area contributed by atoms with Crippen molar-refractivity contribution >= 4 is 0 Å². The molecule has 0 amide bonds. The molecule has 1 spiro atoms. The Bertz CT molecular complexity index is 95.1. The lowest BCUT2D eigenvalue weighted by Gasteiger charge is -2.07. The van der Waals surface area contributed by atoms with Crippen molar-refractivity contribution in [1.29, 1.82) is 0 Å². The molecular formula is C8H15N. The van der Waals surface area contributed by atoms with Crippen LogP contribution >= 0.6 is 0 Å². The second kappa shape index (κ2) is 1.98. The minimum atomic E-state index is 0.851. The summed E-state index contributed by atoms with van der Waals surface area (Å²) in [5, 5.41) is 3.44. The Morgan fingerprint density at radius 2 is 1.78 bits per heavy atom. The maximum Gasteiger partial charge on any atom is -0.00436 e. The van der Waals surface area contributed by atoms with Crippen molar-refractivity contribution in [1.82, 2.24) is 5.32 Å². The van der Waals surface area contributed by atoms with Gasteiger partial charge in [-0.2, -0.15) is 0 Å². The maximum absolute atomic E-state index is 3.44. The predicted molar refractivity (Wildman–Crippen MR) is 38.4 cm³/mol. The zero-order chi connectivity index (χ0) is 6.16. The van der Waals surface area contributed by atoms with E-state index >= 15 is 0 Å². The highest BCUT2D eigenvalue weighted by Gasteiger charge is 2.41. The lowest BCUT2D eigenvalue weighted by Crippen LogP contribution is -2.14. The average molecular weight is 125 g/mol. The summed E-state index contributed by atoms with van der Waals surface area (Å²) in [4.78, 5) is 0. The second-order valence-electron chi connectivity index (χ2n) is 3.60. The van der Waals surface area contributed by atoms with Crippen LogP contribution in [0.4, 0.5) is 0 Å². The van der Waals surface area contributed by atoms with Crippen LogP contribution in [0.2, 0.25) is 0 Å². The second-order valence-corrected chi connectivity index (χ2v) is 3.60. The molecule has 0 aromatic heterocycles. The smallest absolute Gasteiger partial charge is 0.00436 e. The Hall–Kier alpha value is -0.0400. The molecule has 1 aliphatic carbocycles. The van der Waals surface area contributed by atoms with E-state index in [1.165, 1.54) is 45.2 Å². The van der Waals surface area contributed by atoms with Crippen molar-refractivity contribution in [2.24, 2.45) is 5.41 Å². The molecule has 9 heavy (non-hydrogen) atoms. The lowest BCUT2D eigenvalue weighted by atomic mass is 9.98. The fraction of sp³-hybridized carbons (Fsp3) is 1.00. The van der Waals surface area contributed by atoms with Gasteiger partial charge in [0.2, 0.25) is 0 Å². The summed E-state index contributed by atoms with van der Waals surface area (Å²) in [5.41, 5.74) is 0.851. The molecule has 1 saturated carbocycles. The van der Waals surface area contributed by atoms with Crippen molar-refractivity contribution in [3.8, 4) is 0 Å². The lowest BCUT2D eigenvalue weighted by molar-refractivity contribution is 0.452. The maximum atomic E-state index is 3.44. The quantitative estimate of drug-likeness (QED) is 0.518. The van der Waals surface area contributed by atoms with Crippen molar-refractivity contribution in [3.05, 3.63) is 0 Å². The molecule has 52 valence electrons. The van der Waals surface area contributed by atoms with Crippen LogP contribution in [0.25, 0.3) is 0 Å². The first-order valence-corrected chi connectivity index (χ1v) is 4.12. The van der Waals surface area contributed by atoms with Gasteiger partial charge >= 0.3 is 0 Å². The van der Waals surface area contributed by atoms with E-state index < -0.39 is 0 Å². The molecule has 0 aromatic rings. The summed E-state index contributed by atoms with van der Waals surface area (Å²) in [6.45, 7) is 2.54.